The van der Waals surface area contributed by atoms with E-state index in [1.807, 2.05) is 0 Å². The minimum atomic E-state index is -4.24. The molecule has 3 N–H and O–H groups in total. The number of halogens is 1. The Morgan fingerprint density at radius 3 is 2.25 bits per heavy atom. The summed E-state index contributed by atoms with van der Waals surface area (Å²) in [5.41, 5.74) is 3.68. The van der Waals surface area contributed by atoms with Crippen molar-refractivity contribution in [3.05, 3.63) is 142 Å². The highest BCUT2D eigenvalue weighted by atomic mass is 35.5. The van der Waals surface area contributed by atoms with Crippen molar-refractivity contribution in [3.63, 3.8) is 0 Å². The minimum Gasteiger partial charge on any atom is -0.461 e. The van der Waals surface area contributed by atoms with E-state index in [0.29, 0.717) is 33.9 Å². The van der Waals surface area contributed by atoms with Crippen LogP contribution in [-0.4, -0.2) is 42.5 Å². The van der Waals surface area contributed by atoms with E-state index in [4.69, 9.17) is 21.1 Å². The molecule has 0 aliphatic rings. The van der Waals surface area contributed by atoms with Crippen LogP contribution in [-0.2, 0) is 39.0 Å². The third-order valence-corrected chi connectivity index (χ3v) is 9.61. The zero-order valence-electron chi connectivity index (χ0n) is 27.9. The van der Waals surface area contributed by atoms with Crippen LogP contribution in [0, 0.1) is 5.21 Å². The normalized spacial score (nSPS) is 11.1. The highest BCUT2D eigenvalue weighted by molar-refractivity contribution is 7.91. The van der Waals surface area contributed by atoms with Gasteiger partial charge in [-0.05, 0) is 58.0 Å². The van der Waals surface area contributed by atoms with Gasteiger partial charge in [-0.3, -0.25) is 14.2 Å². The van der Waals surface area contributed by atoms with Gasteiger partial charge in [0.25, 0.3) is 15.7 Å². The van der Waals surface area contributed by atoms with Gasteiger partial charge in [0.15, 0.2) is 5.82 Å². The fourth-order valence-electron chi connectivity index (χ4n) is 4.91. The maximum atomic E-state index is 13.0. The Bertz CT molecular complexity index is 2340. The van der Waals surface area contributed by atoms with Gasteiger partial charge in [0.1, 0.15) is 18.2 Å². The Morgan fingerprint density at radius 1 is 0.868 bits per heavy atom. The van der Waals surface area contributed by atoms with Crippen molar-refractivity contribution in [2.45, 2.75) is 29.6 Å². The largest absolute Gasteiger partial charge is 0.461 e. The molecule has 0 aliphatic heterocycles. The molecule has 0 unspecified atom stereocenters. The first kappa shape index (κ1) is 36.3. The van der Waals surface area contributed by atoms with Crippen LogP contribution in [0.3, 0.4) is 0 Å². The monoisotopic (exact) mass is 755 g/mol. The van der Waals surface area contributed by atoms with E-state index in [1.165, 1.54) is 30.5 Å². The number of carbonyl (C=O) groups excluding carboxylic acids is 2. The molecule has 0 aliphatic carbocycles. The number of sulfone groups is 1. The number of hydrogen-bond acceptors (Lipinski definition) is 13. The van der Waals surface area contributed by atoms with Crippen molar-refractivity contribution in [3.8, 4) is 5.88 Å². The summed E-state index contributed by atoms with van der Waals surface area (Å²) in [5, 5.41) is 23.9. The molecule has 1 amide bonds. The summed E-state index contributed by atoms with van der Waals surface area (Å²) in [4.78, 5) is 33.2. The number of aromatic nitrogens is 4. The molecule has 0 saturated heterocycles. The highest BCUT2D eigenvalue weighted by Crippen LogP contribution is 2.28. The van der Waals surface area contributed by atoms with Crippen LogP contribution >= 0.6 is 11.6 Å². The molecule has 2 aromatic heterocycles. The van der Waals surface area contributed by atoms with Gasteiger partial charge in [-0.15, -0.1) is 0 Å². The second kappa shape index (κ2) is 16.2. The lowest BCUT2D eigenvalue weighted by molar-refractivity contribution is -0.832. The first-order chi connectivity index (χ1) is 25.6. The molecular formula is C36H30ClN7O8S. The molecule has 6 rings (SSSR count). The number of nitrogens with zero attached hydrogens (tertiary/aromatic N) is 4. The first-order valence-electron chi connectivity index (χ1n) is 15.8. The van der Waals surface area contributed by atoms with Crippen molar-refractivity contribution in [2.24, 2.45) is 0 Å². The van der Waals surface area contributed by atoms with Crippen molar-refractivity contribution >= 4 is 56.5 Å². The molecule has 6 aromatic rings. The number of rotatable bonds is 14. The average molecular weight is 756 g/mol. The van der Waals surface area contributed by atoms with E-state index >= 15 is 0 Å². The lowest BCUT2D eigenvalue weighted by atomic mass is 10.1. The number of esters is 1. The molecule has 0 saturated carbocycles. The number of hydrogen-bond donors (Lipinski definition) is 3. The zero-order chi connectivity index (χ0) is 37.4. The van der Waals surface area contributed by atoms with E-state index in [2.05, 4.69) is 35.7 Å². The Kier molecular flexibility index (Phi) is 11.1. The number of carbonyl (C=O) groups is 2. The minimum absolute atomic E-state index is 0.0242. The van der Waals surface area contributed by atoms with Crippen LogP contribution in [0.25, 0.3) is 0 Å². The van der Waals surface area contributed by atoms with Gasteiger partial charge in [-0.1, -0.05) is 78.3 Å². The molecule has 270 valence electrons. The fraction of sp³-hybridized carbons (Fsp3) is 0.111. The quantitative estimate of drug-likeness (QED) is 0.0957. The molecule has 0 fully saturated rings. The molecule has 0 spiro atoms. The summed E-state index contributed by atoms with van der Waals surface area (Å²) in [6.07, 6.45) is 1.47. The Labute approximate surface area is 308 Å². The van der Waals surface area contributed by atoms with Crippen LogP contribution in [0.15, 0.2) is 124 Å². The molecule has 17 heteroatoms. The predicted molar refractivity (Wildman–Crippen MR) is 192 cm³/mol. The summed E-state index contributed by atoms with van der Waals surface area (Å²) < 4.78 is 41.4. The van der Waals surface area contributed by atoms with Crippen LogP contribution < -0.4 is 25.6 Å². The lowest BCUT2D eigenvalue weighted by Gasteiger charge is -2.13. The zero-order valence-corrected chi connectivity index (χ0v) is 29.4. The van der Waals surface area contributed by atoms with Gasteiger partial charge >= 0.3 is 16.9 Å². The summed E-state index contributed by atoms with van der Waals surface area (Å²) >= 11 is 6.33. The van der Waals surface area contributed by atoms with Gasteiger partial charge in [0.2, 0.25) is 5.95 Å². The molecular weight excluding hydrogens is 726 g/mol. The van der Waals surface area contributed by atoms with Crippen molar-refractivity contribution < 1.29 is 37.0 Å². The number of benzene rings is 4. The molecule has 0 bridgehead atoms. The van der Waals surface area contributed by atoms with Gasteiger partial charge in [0, 0.05) is 12.7 Å². The Morgan fingerprint density at radius 2 is 1.53 bits per heavy atom. The Hall–Kier alpha value is -6.52. The summed E-state index contributed by atoms with van der Waals surface area (Å²) in [7, 11) is -2.69. The van der Waals surface area contributed by atoms with Crippen LogP contribution in [0.2, 0.25) is 5.02 Å². The average Bonchev–Trinajstić information content (AvgIpc) is 3.56. The van der Waals surface area contributed by atoms with Crippen molar-refractivity contribution in [2.75, 3.05) is 17.7 Å². The van der Waals surface area contributed by atoms with E-state index in [1.54, 1.807) is 85.9 Å². The molecule has 15 nitrogen and oxygen atoms in total. The third-order valence-electron chi connectivity index (χ3n) is 7.61. The molecule has 0 radical (unpaired) electrons. The van der Waals surface area contributed by atoms with Gasteiger partial charge in [-0.2, -0.15) is 4.98 Å². The summed E-state index contributed by atoms with van der Waals surface area (Å²) in [6, 6.07) is 28.3. The number of nitrogens with one attached hydrogen (secondary N) is 3. The molecule has 53 heavy (non-hydrogen) atoms. The van der Waals surface area contributed by atoms with E-state index in [0.717, 1.165) is 5.56 Å². The standard InChI is InChI=1S/C36H30ClN7O8S/c1-38-33(46)28-9-5-6-10-30(28)41-32-29(37)20-39-36(42-32)40-26-17-15-23(16-18-26)19-31(45)50-21-24-11-13-25(14-12-24)22-51-34-35(44(47)52-43-34)53(48,49)27-7-3-2-4-8-27/h2-18,20H,19,21-22H2,1H3,(H,38,46)(H2,39,40,41,42). The molecule has 4 aromatic carbocycles. The van der Waals surface area contributed by atoms with Crippen LogP contribution in [0.5, 0.6) is 5.88 Å². The topological polar surface area (TPSA) is 202 Å². The van der Waals surface area contributed by atoms with E-state index in [9.17, 15) is 23.2 Å². The molecule has 2 heterocycles. The number of anilines is 4. The van der Waals surface area contributed by atoms with Crippen molar-refractivity contribution in [1.29, 1.82) is 0 Å². The summed E-state index contributed by atoms with van der Waals surface area (Å²) in [5.74, 6) is -0.601. The van der Waals surface area contributed by atoms with Crippen LogP contribution in [0.4, 0.5) is 23.1 Å². The van der Waals surface area contributed by atoms with Gasteiger partial charge in [0.05, 0.1) is 33.9 Å². The maximum absolute atomic E-state index is 13.0. The summed E-state index contributed by atoms with van der Waals surface area (Å²) in [6.45, 7) is -0.0823. The smallest absolute Gasteiger partial charge is 0.415 e. The Balaban J connectivity index is 0.989. The first-order valence-corrected chi connectivity index (χ1v) is 17.7. The maximum Gasteiger partial charge on any atom is 0.415 e. The van der Waals surface area contributed by atoms with E-state index in [-0.39, 0.29) is 46.3 Å². The third kappa shape index (κ3) is 8.87. The van der Waals surface area contributed by atoms with Crippen molar-refractivity contribution in [1.82, 2.24) is 20.4 Å². The SMILES string of the molecule is CNC(=O)c1ccccc1Nc1nc(Nc2ccc(CC(=O)OCc3ccc(COc4no[n+]([O-])c4S(=O)(=O)c4ccccc4)cc3)cc2)ncc1Cl. The number of ether oxygens (including phenoxy) is 2. The van der Waals surface area contributed by atoms with Gasteiger partial charge in [-0.25, -0.2) is 13.4 Å². The second-order valence-electron chi connectivity index (χ2n) is 11.3. The highest BCUT2D eigenvalue weighted by Gasteiger charge is 2.35. The fourth-order valence-corrected chi connectivity index (χ4v) is 6.34. The van der Waals surface area contributed by atoms with Gasteiger partial charge < -0.3 is 30.6 Å². The van der Waals surface area contributed by atoms with E-state index < -0.39 is 26.7 Å². The predicted octanol–water partition coefficient (Wildman–Crippen LogP) is 5.30. The second-order valence-corrected chi connectivity index (χ2v) is 13.5. The number of para-hydroxylation sites is 1. The van der Waals surface area contributed by atoms with Crippen LogP contribution in [0.1, 0.15) is 27.0 Å². The lowest BCUT2D eigenvalue weighted by Crippen LogP contribution is -2.30. The number of amides is 1. The molecule has 0 atom stereocenters.